The fourth-order valence-electron chi connectivity index (χ4n) is 5.48. The van der Waals surface area contributed by atoms with Gasteiger partial charge in [-0.3, -0.25) is 4.79 Å². The van der Waals surface area contributed by atoms with Crippen molar-refractivity contribution in [2.75, 3.05) is 20.2 Å². The van der Waals surface area contributed by atoms with Gasteiger partial charge in [-0.1, -0.05) is 48.5 Å². The normalized spacial score (nSPS) is 28.9. The molecule has 1 saturated carbocycles. The van der Waals surface area contributed by atoms with E-state index in [4.69, 9.17) is 4.74 Å². The van der Waals surface area contributed by atoms with E-state index < -0.39 is 11.5 Å². The lowest BCUT2D eigenvalue weighted by molar-refractivity contribution is -0.153. The number of rotatable bonds is 6. The number of nitriles is 1. The number of nitrogens with zero attached hydrogens (tertiary/aromatic N) is 1. The number of para-hydroxylation sites is 1. The van der Waals surface area contributed by atoms with Crippen LogP contribution in [0.2, 0.25) is 0 Å². The standard InChI is InChI=1S/C25H28N2O3/c1-30-22-10-6-5-9-20(22)23(18-7-3-2-4-8-18)24(28)25(29)14-17(11-12-26)13-19-15-27-16-21(19)25/h2-10,17,19,21,23,27,29H,11,13-16H2,1H3/t17-,19+,21-,23?,25+/m1/s1. The summed E-state index contributed by atoms with van der Waals surface area (Å²) in [5, 5.41) is 24.5. The SMILES string of the molecule is COc1ccccc1C(C(=O)[C@]1(O)C[C@H](CC#N)C[C@H]2CNC[C@H]21)c1ccccc1. The smallest absolute Gasteiger partial charge is 0.176 e. The third kappa shape index (κ3) is 3.62. The van der Waals surface area contributed by atoms with Gasteiger partial charge in [0.2, 0.25) is 0 Å². The van der Waals surface area contributed by atoms with Crippen molar-refractivity contribution in [3.63, 3.8) is 0 Å². The number of ketones is 1. The monoisotopic (exact) mass is 404 g/mol. The van der Waals surface area contributed by atoms with E-state index in [0.717, 1.165) is 24.1 Å². The molecule has 0 amide bonds. The number of benzene rings is 2. The molecule has 5 nitrogen and oxygen atoms in total. The third-order valence-electron chi connectivity index (χ3n) is 6.84. The highest BCUT2D eigenvalue weighted by Gasteiger charge is 2.55. The summed E-state index contributed by atoms with van der Waals surface area (Å²) in [4.78, 5) is 14.2. The number of hydrogen-bond donors (Lipinski definition) is 2. The van der Waals surface area contributed by atoms with E-state index in [2.05, 4.69) is 11.4 Å². The predicted molar refractivity (Wildman–Crippen MR) is 114 cm³/mol. The Morgan fingerprint density at radius 2 is 1.97 bits per heavy atom. The summed E-state index contributed by atoms with van der Waals surface area (Å²) in [6.45, 7) is 1.41. The van der Waals surface area contributed by atoms with Crippen molar-refractivity contribution in [3.8, 4) is 11.8 Å². The Labute approximate surface area is 177 Å². The molecule has 1 unspecified atom stereocenters. The van der Waals surface area contributed by atoms with Crippen LogP contribution >= 0.6 is 0 Å². The Kier molecular flexibility index (Phi) is 5.90. The van der Waals surface area contributed by atoms with E-state index in [1.54, 1.807) is 7.11 Å². The topological polar surface area (TPSA) is 82.3 Å². The lowest BCUT2D eigenvalue weighted by Crippen LogP contribution is -2.55. The summed E-state index contributed by atoms with van der Waals surface area (Å²) >= 11 is 0. The van der Waals surface area contributed by atoms with E-state index >= 15 is 0 Å². The highest BCUT2D eigenvalue weighted by molar-refractivity contribution is 5.96. The largest absolute Gasteiger partial charge is 0.496 e. The molecule has 2 fully saturated rings. The molecule has 5 atom stereocenters. The van der Waals surface area contributed by atoms with Crippen LogP contribution in [0.3, 0.4) is 0 Å². The lowest BCUT2D eigenvalue weighted by atomic mass is 9.61. The molecule has 2 N–H and O–H groups in total. The van der Waals surface area contributed by atoms with Crippen molar-refractivity contribution in [2.45, 2.75) is 30.8 Å². The van der Waals surface area contributed by atoms with Gasteiger partial charge in [0, 0.05) is 24.4 Å². The zero-order valence-corrected chi connectivity index (χ0v) is 17.3. The van der Waals surface area contributed by atoms with E-state index in [1.165, 1.54) is 0 Å². The second-order valence-electron chi connectivity index (χ2n) is 8.57. The molecule has 0 radical (unpaired) electrons. The molecule has 1 aliphatic carbocycles. The van der Waals surface area contributed by atoms with E-state index in [0.29, 0.717) is 25.1 Å². The van der Waals surface area contributed by atoms with Crippen LogP contribution in [0.15, 0.2) is 54.6 Å². The summed E-state index contributed by atoms with van der Waals surface area (Å²) in [5.74, 6) is -0.0945. The predicted octanol–water partition coefficient (Wildman–Crippen LogP) is 3.29. The maximum atomic E-state index is 14.2. The number of ether oxygens (including phenoxy) is 1. The van der Waals surface area contributed by atoms with Gasteiger partial charge in [-0.05, 0) is 42.9 Å². The molecule has 5 heteroatoms. The molecule has 2 aromatic rings. The third-order valence-corrected chi connectivity index (χ3v) is 6.84. The number of hydrogen-bond acceptors (Lipinski definition) is 5. The molecule has 0 bridgehead atoms. The number of aliphatic hydroxyl groups is 1. The number of Topliss-reactive ketones (excluding diaryl/α,β-unsaturated/α-hetero) is 1. The molecule has 0 spiro atoms. The molecule has 2 aromatic carbocycles. The summed E-state index contributed by atoms with van der Waals surface area (Å²) in [7, 11) is 1.60. The van der Waals surface area contributed by atoms with Crippen molar-refractivity contribution in [2.24, 2.45) is 17.8 Å². The number of methoxy groups -OCH3 is 1. The molecule has 30 heavy (non-hydrogen) atoms. The molecular weight excluding hydrogens is 376 g/mol. The van der Waals surface area contributed by atoms with Crippen LogP contribution in [0, 0.1) is 29.1 Å². The molecule has 1 aliphatic heterocycles. The van der Waals surface area contributed by atoms with E-state index in [1.807, 2.05) is 54.6 Å². The van der Waals surface area contributed by atoms with Gasteiger partial charge in [0.25, 0.3) is 0 Å². The minimum Gasteiger partial charge on any atom is -0.496 e. The van der Waals surface area contributed by atoms with Crippen molar-refractivity contribution < 1.29 is 14.6 Å². The summed E-state index contributed by atoms with van der Waals surface area (Å²) in [5.41, 5.74) is 0.120. The van der Waals surface area contributed by atoms with Crippen LogP contribution in [0.1, 0.15) is 36.3 Å². The molecule has 2 aliphatic rings. The van der Waals surface area contributed by atoms with Gasteiger partial charge in [-0.2, -0.15) is 5.26 Å². The first kappa shape index (κ1) is 20.6. The molecule has 1 saturated heterocycles. The molecule has 0 aromatic heterocycles. The molecule has 4 rings (SSSR count). The Morgan fingerprint density at radius 1 is 1.23 bits per heavy atom. The summed E-state index contributed by atoms with van der Waals surface area (Å²) in [6.07, 6.45) is 1.58. The zero-order chi connectivity index (χ0) is 21.1. The summed E-state index contributed by atoms with van der Waals surface area (Å²) < 4.78 is 5.58. The first-order chi connectivity index (χ1) is 14.6. The Bertz CT molecular complexity index is 939. The van der Waals surface area contributed by atoms with Gasteiger partial charge < -0.3 is 15.2 Å². The minimum absolute atomic E-state index is 0.0270. The summed E-state index contributed by atoms with van der Waals surface area (Å²) in [6, 6.07) is 19.4. The van der Waals surface area contributed by atoms with Crippen molar-refractivity contribution in [1.82, 2.24) is 5.32 Å². The Balaban J connectivity index is 1.80. The molecule has 1 heterocycles. The average molecular weight is 405 g/mol. The van der Waals surface area contributed by atoms with Gasteiger partial charge in [0.15, 0.2) is 5.78 Å². The fraction of sp³-hybridized carbons (Fsp3) is 0.440. The van der Waals surface area contributed by atoms with Crippen LogP contribution in [0.4, 0.5) is 0 Å². The number of carbonyl (C=O) groups excluding carboxylic acids is 1. The highest BCUT2D eigenvalue weighted by Crippen LogP contribution is 2.48. The maximum absolute atomic E-state index is 14.2. The maximum Gasteiger partial charge on any atom is 0.176 e. The van der Waals surface area contributed by atoms with Gasteiger partial charge in [-0.25, -0.2) is 0 Å². The van der Waals surface area contributed by atoms with Crippen molar-refractivity contribution >= 4 is 5.78 Å². The lowest BCUT2D eigenvalue weighted by Gasteiger charge is -2.44. The van der Waals surface area contributed by atoms with Crippen LogP contribution < -0.4 is 10.1 Å². The zero-order valence-electron chi connectivity index (χ0n) is 17.3. The van der Waals surface area contributed by atoms with Gasteiger partial charge in [0.05, 0.1) is 19.1 Å². The number of carbonyl (C=O) groups is 1. The highest BCUT2D eigenvalue weighted by atomic mass is 16.5. The Hall–Kier alpha value is -2.68. The minimum atomic E-state index is -1.48. The van der Waals surface area contributed by atoms with Crippen LogP contribution in [0.5, 0.6) is 5.75 Å². The van der Waals surface area contributed by atoms with Gasteiger partial charge in [-0.15, -0.1) is 0 Å². The number of nitrogens with one attached hydrogen (secondary N) is 1. The van der Waals surface area contributed by atoms with Gasteiger partial charge >= 0.3 is 0 Å². The molecular formula is C25H28N2O3. The van der Waals surface area contributed by atoms with E-state index in [9.17, 15) is 15.2 Å². The first-order valence-electron chi connectivity index (χ1n) is 10.6. The number of fused-ring (bicyclic) bond motifs is 1. The average Bonchev–Trinajstić information content (AvgIpc) is 3.25. The van der Waals surface area contributed by atoms with Crippen molar-refractivity contribution in [1.29, 1.82) is 5.26 Å². The van der Waals surface area contributed by atoms with Crippen molar-refractivity contribution in [3.05, 3.63) is 65.7 Å². The Morgan fingerprint density at radius 3 is 2.70 bits per heavy atom. The first-order valence-corrected chi connectivity index (χ1v) is 10.6. The molecule has 156 valence electrons. The van der Waals surface area contributed by atoms with Crippen LogP contribution in [-0.4, -0.2) is 36.7 Å². The van der Waals surface area contributed by atoms with Crippen LogP contribution in [0.25, 0.3) is 0 Å². The fourth-order valence-corrected chi connectivity index (χ4v) is 5.48. The van der Waals surface area contributed by atoms with Crippen LogP contribution in [-0.2, 0) is 4.79 Å². The quantitative estimate of drug-likeness (QED) is 0.772. The van der Waals surface area contributed by atoms with Gasteiger partial charge in [0.1, 0.15) is 11.4 Å². The second-order valence-corrected chi connectivity index (χ2v) is 8.57. The van der Waals surface area contributed by atoms with E-state index in [-0.39, 0.29) is 23.5 Å². The second kappa shape index (κ2) is 8.59.